The van der Waals surface area contributed by atoms with Crippen molar-refractivity contribution >= 4 is 23.0 Å². The zero-order valence-corrected chi connectivity index (χ0v) is 15.3. The molecule has 0 radical (unpaired) electrons. The van der Waals surface area contributed by atoms with E-state index in [2.05, 4.69) is 30.4 Å². The summed E-state index contributed by atoms with van der Waals surface area (Å²) in [6, 6.07) is 25.6. The van der Waals surface area contributed by atoms with Crippen LogP contribution in [0.5, 0.6) is 11.5 Å². The quantitative estimate of drug-likeness (QED) is 0.334. The van der Waals surface area contributed by atoms with Crippen LogP contribution in [0.4, 0.5) is 23.0 Å². The van der Waals surface area contributed by atoms with E-state index in [4.69, 9.17) is 4.74 Å². The molecule has 4 rings (SSSR count). The lowest BCUT2D eigenvalue weighted by molar-refractivity contribution is 0.483. The van der Waals surface area contributed by atoms with E-state index in [0.717, 1.165) is 0 Å². The van der Waals surface area contributed by atoms with Gasteiger partial charge in [0.05, 0.1) is 11.4 Å². The molecule has 0 spiro atoms. The minimum atomic E-state index is 0.563. The van der Waals surface area contributed by atoms with Crippen LogP contribution in [0.25, 0.3) is 0 Å². The Labute approximate surface area is 167 Å². The highest BCUT2D eigenvalue weighted by Crippen LogP contribution is 2.27. The lowest BCUT2D eigenvalue weighted by Gasteiger charge is -2.05. The van der Waals surface area contributed by atoms with Crippen LogP contribution in [0.3, 0.4) is 0 Å². The first-order chi connectivity index (χ1) is 14.3. The summed E-state index contributed by atoms with van der Waals surface area (Å²) < 4.78 is 5.84. The van der Waals surface area contributed by atoms with Crippen molar-refractivity contribution in [2.45, 2.75) is 0 Å². The van der Waals surface area contributed by atoms with E-state index >= 15 is 0 Å². The summed E-state index contributed by atoms with van der Waals surface area (Å²) in [7, 11) is 0. The average molecular weight is 380 g/mol. The first kappa shape index (κ1) is 18.1. The van der Waals surface area contributed by atoms with Gasteiger partial charge in [-0.2, -0.15) is 0 Å². The van der Waals surface area contributed by atoms with Gasteiger partial charge in [-0.1, -0.05) is 12.1 Å². The summed E-state index contributed by atoms with van der Waals surface area (Å²) in [6.07, 6.45) is 3.35. The summed E-state index contributed by atoms with van der Waals surface area (Å²) >= 11 is 0. The van der Waals surface area contributed by atoms with Crippen molar-refractivity contribution in [3.05, 3.63) is 97.3 Å². The summed E-state index contributed by atoms with van der Waals surface area (Å²) in [5.74, 6) is 2.52. The normalized spacial score (nSPS) is 11.2. The second-order valence-electron chi connectivity index (χ2n) is 5.87. The van der Waals surface area contributed by atoms with Crippen LogP contribution in [-0.4, -0.2) is 9.97 Å². The van der Waals surface area contributed by atoms with Crippen molar-refractivity contribution in [2.75, 3.05) is 0 Å². The molecule has 0 amide bonds. The zero-order valence-electron chi connectivity index (χ0n) is 15.3. The summed E-state index contributed by atoms with van der Waals surface area (Å²) in [5, 5.41) is 16.5. The van der Waals surface area contributed by atoms with Crippen LogP contribution in [-0.2, 0) is 0 Å². The molecular formula is C22H16N6O. The minimum Gasteiger partial charge on any atom is -0.457 e. The van der Waals surface area contributed by atoms with Crippen LogP contribution in [0.2, 0.25) is 0 Å². The molecule has 0 atom stereocenters. The topological polar surface area (TPSA) is 84.5 Å². The lowest BCUT2D eigenvalue weighted by Crippen LogP contribution is -1.82. The number of rotatable bonds is 6. The fraction of sp³-hybridized carbons (Fsp3) is 0. The van der Waals surface area contributed by atoms with Crippen molar-refractivity contribution < 1.29 is 4.74 Å². The van der Waals surface area contributed by atoms with Gasteiger partial charge in [-0.3, -0.25) is 0 Å². The zero-order chi connectivity index (χ0) is 19.7. The molecule has 0 aliphatic heterocycles. The van der Waals surface area contributed by atoms with Gasteiger partial charge in [0, 0.05) is 12.4 Å². The number of hydrogen-bond acceptors (Lipinski definition) is 7. The second-order valence-corrected chi connectivity index (χ2v) is 5.87. The predicted molar refractivity (Wildman–Crippen MR) is 110 cm³/mol. The average Bonchev–Trinajstić information content (AvgIpc) is 2.80. The van der Waals surface area contributed by atoms with E-state index in [1.165, 1.54) is 0 Å². The SMILES string of the molecule is c1ccc(N=Nc2ccc(Oc3ccc(N=Nc4ccccn4)cc3)cc2)nc1. The first-order valence-corrected chi connectivity index (χ1v) is 8.89. The molecule has 0 aliphatic rings. The summed E-state index contributed by atoms with van der Waals surface area (Å²) in [6.45, 7) is 0. The molecule has 2 aromatic carbocycles. The number of hydrogen-bond donors (Lipinski definition) is 0. The lowest BCUT2D eigenvalue weighted by atomic mass is 10.3. The van der Waals surface area contributed by atoms with Gasteiger partial charge < -0.3 is 4.74 Å². The Balaban J connectivity index is 1.36. The van der Waals surface area contributed by atoms with Gasteiger partial charge in [0.1, 0.15) is 11.5 Å². The number of aromatic nitrogens is 2. The number of ether oxygens (including phenoxy) is 1. The minimum absolute atomic E-state index is 0.563. The van der Waals surface area contributed by atoms with Crippen molar-refractivity contribution in [3.63, 3.8) is 0 Å². The molecule has 2 aromatic heterocycles. The molecule has 140 valence electrons. The Hall–Kier alpha value is -4.26. The van der Waals surface area contributed by atoms with Crippen LogP contribution in [0.1, 0.15) is 0 Å². The maximum atomic E-state index is 5.84. The van der Waals surface area contributed by atoms with E-state index < -0.39 is 0 Å². The van der Waals surface area contributed by atoms with Gasteiger partial charge in [-0.15, -0.1) is 20.5 Å². The molecule has 2 heterocycles. The largest absolute Gasteiger partial charge is 0.457 e. The molecule has 0 saturated carbocycles. The van der Waals surface area contributed by atoms with E-state index in [0.29, 0.717) is 34.5 Å². The fourth-order valence-corrected chi connectivity index (χ4v) is 2.34. The number of azo groups is 2. The maximum absolute atomic E-state index is 5.84. The highest BCUT2D eigenvalue weighted by molar-refractivity contribution is 5.45. The van der Waals surface area contributed by atoms with E-state index in [-0.39, 0.29) is 0 Å². The maximum Gasteiger partial charge on any atom is 0.174 e. The molecule has 0 bridgehead atoms. The number of nitrogens with zero attached hydrogens (tertiary/aromatic N) is 6. The molecule has 0 aliphatic carbocycles. The molecule has 0 fully saturated rings. The molecular weight excluding hydrogens is 364 g/mol. The molecule has 0 N–H and O–H groups in total. The molecule has 29 heavy (non-hydrogen) atoms. The Bertz CT molecular complexity index is 1000. The van der Waals surface area contributed by atoms with Crippen molar-refractivity contribution in [2.24, 2.45) is 20.5 Å². The molecule has 0 saturated heterocycles. The smallest absolute Gasteiger partial charge is 0.174 e. The predicted octanol–water partition coefficient (Wildman–Crippen LogP) is 7.10. The first-order valence-electron chi connectivity index (χ1n) is 8.89. The van der Waals surface area contributed by atoms with Crippen molar-refractivity contribution in [1.29, 1.82) is 0 Å². The summed E-state index contributed by atoms with van der Waals surface area (Å²) in [4.78, 5) is 8.20. The Morgan fingerprint density at radius 3 is 1.31 bits per heavy atom. The van der Waals surface area contributed by atoms with Gasteiger partial charge in [-0.25, -0.2) is 9.97 Å². The molecule has 7 nitrogen and oxygen atoms in total. The van der Waals surface area contributed by atoms with Gasteiger partial charge >= 0.3 is 0 Å². The van der Waals surface area contributed by atoms with Gasteiger partial charge in [0.2, 0.25) is 0 Å². The van der Waals surface area contributed by atoms with Gasteiger partial charge in [0.25, 0.3) is 0 Å². The van der Waals surface area contributed by atoms with Gasteiger partial charge in [-0.05, 0) is 72.8 Å². The van der Waals surface area contributed by atoms with Crippen LogP contribution in [0, 0.1) is 0 Å². The Kier molecular flexibility index (Phi) is 5.68. The number of benzene rings is 2. The third kappa shape index (κ3) is 5.36. The van der Waals surface area contributed by atoms with Crippen LogP contribution < -0.4 is 4.74 Å². The van der Waals surface area contributed by atoms with E-state index in [9.17, 15) is 0 Å². The molecule has 7 heteroatoms. The Morgan fingerprint density at radius 2 is 0.931 bits per heavy atom. The van der Waals surface area contributed by atoms with Crippen molar-refractivity contribution in [3.8, 4) is 11.5 Å². The van der Waals surface area contributed by atoms with E-state index in [1.54, 1.807) is 24.5 Å². The standard InChI is InChI=1S/C22H16N6O/c1-3-15-23-21(5-1)27-25-17-7-11-19(12-8-17)29-20-13-9-18(10-14-20)26-28-22-6-2-4-16-24-22/h1-16H. The van der Waals surface area contributed by atoms with Crippen LogP contribution >= 0.6 is 0 Å². The highest BCUT2D eigenvalue weighted by atomic mass is 16.5. The molecule has 4 aromatic rings. The number of pyridine rings is 2. The Morgan fingerprint density at radius 1 is 0.483 bits per heavy atom. The second kappa shape index (κ2) is 9.09. The fourth-order valence-electron chi connectivity index (χ4n) is 2.34. The third-order valence-corrected chi connectivity index (χ3v) is 3.74. The van der Waals surface area contributed by atoms with E-state index in [1.807, 2.05) is 72.8 Å². The summed E-state index contributed by atoms with van der Waals surface area (Å²) in [5.41, 5.74) is 1.43. The monoisotopic (exact) mass is 380 g/mol. The third-order valence-electron chi connectivity index (χ3n) is 3.74. The van der Waals surface area contributed by atoms with Gasteiger partial charge in [0.15, 0.2) is 11.6 Å². The molecule has 0 unspecified atom stereocenters. The van der Waals surface area contributed by atoms with Crippen molar-refractivity contribution in [1.82, 2.24) is 9.97 Å². The highest BCUT2D eigenvalue weighted by Gasteiger charge is 1.99. The van der Waals surface area contributed by atoms with Crippen LogP contribution in [0.15, 0.2) is 118 Å².